The third kappa shape index (κ3) is 3.41. The third-order valence-electron chi connectivity index (χ3n) is 3.94. The van der Waals surface area contributed by atoms with Crippen molar-refractivity contribution in [2.75, 3.05) is 0 Å². The van der Waals surface area contributed by atoms with Crippen LogP contribution in [0.3, 0.4) is 0 Å². The first kappa shape index (κ1) is 16.5. The van der Waals surface area contributed by atoms with Crippen LogP contribution < -0.4 is 0 Å². The lowest BCUT2D eigenvalue weighted by molar-refractivity contribution is 0.0475. The fourth-order valence-electron chi connectivity index (χ4n) is 2.59. The molecule has 3 nitrogen and oxygen atoms in total. The van der Waals surface area contributed by atoms with Crippen LogP contribution in [-0.4, -0.2) is 11.0 Å². The lowest BCUT2D eigenvalue weighted by atomic mass is 9.96. The number of carbonyl (C=O) groups excluding carboxylic acids is 1. The van der Waals surface area contributed by atoms with Gasteiger partial charge in [-0.1, -0.05) is 61.8 Å². The molecule has 0 saturated heterocycles. The number of halogens is 1. The van der Waals surface area contributed by atoms with E-state index in [2.05, 4.69) is 18.8 Å². The summed E-state index contributed by atoms with van der Waals surface area (Å²) in [7, 11) is 0. The Kier molecular flexibility index (Phi) is 4.81. The monoisotopic (exact) mass is 339 g/mol. The Morgan fingerprint density at radius 3 is 2.62 bits per heavy atom. The van der Waals surface area contributed by atoms with Gasteiger partial charge in [-0.05, 0) is 34.6 Å². The summed E-state index contributed by atoms with van der Waals surface area (Å²) in [5, 5.41) is 1.85. The second kappa shape index (κ2) is 7.02. The van der Waals surface area contributed by atoms with Crippen LogP contribution in [0.25, 0.3) is 10.8 Å². The number of nitrogens with zero attached hydrogens (tertiary/aromatic N) is 1. The summed E-state index contributed by atoms with van der Waals surface area (Å²) >= 11 is 6.24. The van der Waals surface area contributed by atoms with Crippen molar-refractivity contribution in [1.29, 1.82) is 0 Å². The number of pyridine rings is 1. The van der Waals surface area contributed by atoms with Gasteiger partial charge in [0.05, 0.1) is 5.56 Å². The first-order valence-electron chi connectivity index (χ1n) is 7.85. The van der Waals surface area contributed by atoms with E-state index < -0.39 is 0 Å². The molecule has 0 fully saturated rings. The number of hydrogen-bond donors (Lipinski definition) is 0. The van der Waals surface area contributed by atoms with Crippen molar-refractivity contribution in [3.63, 3.8) is 0 Å². The van der Waals surface area contributed by atoms with Crippen molar-refractivity contribution in [3.05, 3.63) is 76.6 Å². The van der Waals surface area contributed by atoms with E-state index in [4.69, 9.17) is 16.3 Å². The molecular weight excluding hydrogens is 322 g/mol. The van der Waals surface area contributed by atoms with Crippen LogP contribution in [0.15, 0.2) is 54.7 Å². The molecule has 0 bridgehead atoms. The first-order valence-corrected chi connectivity index (χ1v) is 8.23. The SMILES string of the molecule is CC(C)c1cc(C(=O)OCc2ccccc2)c2c(Cl)nccc2c1. The van der Waals surface area contributed by atoms with Crippen molar-refractivity contribution < 1.29 is 9.53 Å². The van der Waals surface area contributed by atoms with E-state index in [1.54, 1.807) is 6.20 Å². The lowest BCUT2D eigenvalue weighted by Gasteiger charge is -2.13. The number of aromatic nitrogens is 1. The molecule has 0 N–H and O–H groups in total. The Balaban J connectivity index is 1.98. The Morgan fingerprint density at radius 1 is 1.17 bits per heavy atom. The van der Waals surface area contributed by atoms with Crippen molar-refractivity contribution in [2.24, 2.45) is 0 Å². The first-order chi connectivity index (χ1) is 11.6. The molecule has 2 aromatic carbocycles. The molecule has 3 aromatic rings. The zero-order valence-electron chi connectivity index (χ0n) is 13.6. The maximum absolute atomic E-state index is 12.7. The minimum atomic E-state index is -0.388. The minimum absolute atomic E-state index is 0.227. The Labute approximate surface area is 146 Å². The van der Waals surface area contributed by atoms with Crippen molar-refractivity contribution in [3.8, 4) is 0 Å². The Morgan fingerprint density at radius 2 is 1.92 bits per heavy atom. The van der Waals surface area contributed by atoms with Crippen LogP contribution in [0, 0.1) is 0 Å². The Hall–Kier alpha value is -2.39. The molecule has 1 aromatic heterocycles. The molecule has 0 amide bonds. The average Bonchev–Trinajstić information content (AvgIpc) is 2.59. The minimum Gasteiger partial charge on any atom is -0.457 e. The molecule has 0 aliphatic carbocycles. The van der Waals surface area contributed by atoms with Crippen LogP contribution in [-0.2, 0) is 11.3 Å². The van der Waals surface area contributed by atoms with E-state index in [-0.39, 0.29) is 12.6 Å². The van der Waals surface area contributed by atoms with Crippen LogP contribution in [0.1, 0.15) is 41.3 Å². The van der Waals surface area contributed by atoms with Crippen LogP contribution in [0.5, 0.6) is 0 Å². The summed E-state index contributed by atoms with van der Waals surface area (Å²) in [6.45, 7) is 4.40. The zero-order chi connectivity index (χ0) is 17.1. The maximum atomic E-state index is 12.7. The molecule has 0 atom stereocenters. The van der Waals surface area contributed by atoms with Gasteiger partial charge in [-0.25, -0.2) is 9.78 Å². The number of benzene rings is 2. The van der Waals surface area contributed by atoms with Gasteiger partial charge in [0.1, 0.15) is 11.8 Å². The van der Waals surface area contributed by atoms with Gasteiger partial charge in [0.25, 0.3) is 0 Å². The van der Waals surface area contributed by atoms with Gasteiger partial charge in [-0.2, -0.15) is 0 Å². The summed E-state index contributed by atoms with van der Waals surface area (Å²) in [4.78, 5) is 16.8. The summed E-state index contributed by atoms with van der Waals surface area (Å²) in [5.41, 5.74) is 2.47. The van der Waals surface area contributed by atoms with Crippen molar-refractivity contribution in [2.45, 2.75) is 26.4 Å². The average molecular weight is 340 g/mol. The number of hydrogen-bond acceptors (Lipinski definition) is 3. The van der Waals surface area contributed by atoms with Gasteiger partial charge >= 0.3 is 5.97 Å². The molecule has 4 heteroatoms. The van der Waals surface area contributed by atoms with Gasteiger partial charge in [-0.15, -0.1) is 0 Å². The second-order valence-electron chi connectivity index (χ2n) is 5.98. The predicted molar refractivity (Wildman–Crippen MR) is 96.4 cm³/mol. The van der Waals surface area contributed by atoms with Gasteiger partial charge in [-0.3, -0.25) is 0 Å². The quantitative estimate of drug-likeness (QED) is 0.474. The van der Waals surface area contributed by atoms with Gasteiger partial charge in [0.2, 0.25) is 0 Å². The molecule has 0 spiro atoms. The van der Waals surface area contributed by atoms with E-state index >= 15 is 0 Å². The van der Waals surface area contributed by atoms with E-state index in [0.717, 1.165) is 16.5 Å². The third-order valence-corrected chi connectivity index (χ3v) is 4.23. The van der Waals surface area contributed by atoms with Crippen molar-refractivity contribution in [1.82, 2.24) is 4.98 Å². The normalized spacial score (nSPS) is 11.0. The number of carbonyl (C=O) groups is 1. The smallest absolute Gasteiger partial charge is 0.339 e. The summed E-state index contributed by atoms with van der Waals surface area (Å²) in [6.07, 6.45) is 1.65. The number of ether oxygens (including phenoxy) is 1. The van der Waals surface area contributed by atoms with Crippen LogP contribution in [0.2, 0.25) is 5.15 Å². The number of rotatable bonds is 4. The molecule has 3 rings (SSSR count). The molecule has 0 radical (unpaired) electrons. The molecule has 0 unspecified atom stereocenters. The van der Waals surface area contributed by atoms with E-state index in [1.807, 2.05) is 48.5 Å². The predicted octanol–water partition coefficient (Wildman–Crippen LogP) is 5.37. The highest BCUT2D eigenvalue weighted by molar-refractivity contribution is 6.35. The van der Waals surface area contributed by atoms with Crippen LogP contribution >= 0.6 is 11.6 Å². The molecule has 122 valence electrons. The summed E-state index contributed by atoms with van der Waals surface area (Å²) < 4.78 is 5.49. The lowest BCUT2D eigenvalue weighted by Crippen LogP contribution is -2.07. The summed E-state index contributed by atoms with van der Waals surface area (Å²) in [5.74, 6) is -0.0942. The highest BCUT2D eigenvalue weighted by atomic mass is 35.5. The van der Waals surface area contributed by atoms with Gasteiger partial charge in [0, 0.05) is 11.6 Å². The van der Waals surface area contributed by atoms with Gasteiger partial charge < -0.3 is 4.74 Å². The standard InChI is InChI=1S/C20H18ClNO2/c1-13(2)16-10-15-8-9-22-19(21)18(15)17(11-16)20(23)24-12-14-6-4-3-5-7-14/h3-11,13H,12H2,1-2H3. The topological polar surface area (TPSA) is 39.2 Å². The van der Waals surface area contributed by atoms with Gasteiger partial charge in [0.15, 0.2) is 0 Å². The van der Waals surface area contributed by atoms with E-state index in [9.17, 15) is 4.79 Å². The van der Waals surface area contributed by atoms with E-state index in [0.29, 0.717) is 22.0 Å². The molecule has 0 aliphatic rings. The highest BCUT2D eigenvalue weighted by Crippen LogP contribution is 2.30. The fraction of sp³-hybridized carbons (Fsp3) is 0.200. The van der Waals surface area contributed by atoms with Crippen LogP contribution in [0.4, 0.5) is 0 Å². The number of fused-ring (bicyclic) bond motifs is 1. The summed E-state index contributed by atoms with van der Waals surface area (Å²) in [6, 6.07) is 15.4. The maximum Gasteiger partial charge on any atom is 0.339 e. The van der Waals surface area contributed by atoms with Crippen molar-refractivity contribution >= 4 is 28.3 Å². The zero-order valence-corrected chi connectivity index (χ0v) is 14.4. The largest absolute Gasteiger partial charge is 0.457 e. The number of esters is 1. The molecule has 0 aliphatic heterocycles. The van der Waals surface area contributed by atoms with E-state index in [1.165, 1.54) is 0 Å². The Bertz CT molecular complexity index is 875. The second-order valence-corrected chi connectivity index (χ2v) is 6.34. The fourth-order valence-corrected chi connectivity index (χ4v) is 2.86. The molecular formula is C20H18ClNO2. The molecule has 0 saturated carbocycles. The molecule has 24 heavy (non-hydrogen) atoms. The highest BCUT2D eigenvalue weighted by Gasteiger charge is 2.17. The molecule has 1 heterocycles.